The number of phosphoric acid groups is 1. The van der Waals surface area contributed by atoms with Crippen LogP contribution in [0.3, 0.4) is 0 Å². The van der Waals surface area contributed by atoms with Crippen LogP contribution in [-0.2, 0) is 4.57 Å². The monoisotopic (exact) mass is 157 g/mol. The van der Waals surface area contributed by atoms with Crippen molar-refractivity contribution in [3.8, 4) is 0 Å². The van der Waals surface area contributed by atoms with Gasteiger partial charge in [-0.2, -0.15) is 0 Å². The first-order valence-electron chi connectivity index (χ1n) is 2.28. The van der Waals surface area contributed by atoms with E-state index in [1.807, 2.05) is 0 Å². The maximum Gasteiger partial charge on any atom is 0.466 e. The summed E-state index contributed by atoms with van der Waals surface area (Å²) in [5.74, 6) is 0. The third-order valence-electron chi connectivity index (χ3n) is 0.354. The van der Waals surface area contributed by atoms with E-state index in [0.29, 0.717) is 0 Å². The van der Waals surface area contributed by atoms with Crippen LogP contribution >= 0.6 is 7.82 Å². The van der Waals surface area contributed by atoms with Crippen LogP contribution in [0.4, 0.5) is 0 Å². The van der Waals surface area contributed by atoms with Gasteiger partial charge in [-0.25, -0.2) is 4.57 Å². The molecule has 1 aliphatic rings. The summed E-state index contributed by atoms with van der Waals surface area (Å²) >= 11 is 0. The minimum Gasteiger partial charge on any atom is -0.344 e. The van der Waals surface area contributed by atoms with Crippen molar-refractivity contribution < 1.29 is 19.2 Å². The minimum absolute atomic E-state index is 0. The smallest absolute Gasteiger partial charge is 0.344 e. The topological polar surface area (TPSA) is 113 Å². The van der Waals surface area contributed by atoms with Crippen LogP contribution in [0.15, 0.2) is 0 Å². The Hall–Kier alpha value is 0.0700. The summed E-state index contributed by atoms with van der Waals surface area (Å²) in [5.41, 5.74) is 0. The fourth-order valence-corrected chi connectivity index (χ4v) is 0. The van der Waals surface area contributed by atoms with Gasteiger partial charge in [-0.3, -0.25) is 0 Å². The maximum absolute atomic E-state index is 8.88. The molecule has 0 spiro atoms. The fraction of sp³-hybridized carbons (Fsp3) is 1.00. The number of rotatable bonds is 0. The molecule has 0 aliphatic heterocycles. The van der Waals surface area contributed by atoms with E-state index in [0.717, 1.165) is 0 Å². The van der Waals surface area contributed by atoms with E-state index in [4.69, 9.17) is 19.2 Å². The molecule has 0 aromatic heterocycles. The van der Waals surface area contributed by atoms with E-state index < -0.39 is 7.82 Å². The van der Waals surface area contributed by atoms with E-state index in [2.05, 4.69) is 0 Å². The lowest BCUT2D eigenvalue weighted by molar-refractivity contribution is 0.275. The number of hydrogen-bond donors (Lipinski definition) is 4. The van der Waals surface area contributed by atoms with Crippen molar-refractivity contribution in [2.75, 3.05) is 0 Å². The second-order valence-electron chi connectivity index (χ2n) is 1.57. The molecule has 5 nitrogen and oxygen atoms in total. The van der Waals surface area contributed by atoms with E-state index in [9.17, 15) is 0 Å². The molecule has 1 saturated carbocycles. The van der Waals surface area contributed by atoms with Crippen molar-refractivity contribution >= 4 is 7.82 Å². The zero-order valence-corrected chi connectivity index (χ0v) is 5.92. The fourth-order valence-electron chi connectivity index (χ4n) is 0. The SMILES string of the molecule is C1CC1.N.O=P(O)(O)O. The Morgan fingerprint density at radius 3 is 1.11 bits per heavy atom. The highest BCUT2D eigenvalue weighted by molar-refractivity contribution is 7.45. The lowest BCUT2D eigenvalue weighted by Gasteiger charge is -1.82. The third kappa shape index (κ3) is 260. The van der Waals surface area contributed by atoms with Gasteiger partial charge < -0.3 is 20.8 Å². The van der Waals surface area contributed by atoms with Crippen molar-refractivity contribution in [2.24, 2.45) is 0 Å². The summed E-state index contributed by atoms with van der Waals surface area (Å²) in [7, 11) is -4.64. The van der Waals surface area contributed by atoms with Crippen LogP contribution in [0, 0.1) is 0 Å². The second kappa shape index (κ2) is 4.90. The van der Waals surface area contributed by atoms with E-state index in [-0.39, 0.29) is 6.15 Å². The lowest BCUT2D eigenvalue weighted by atomic mass is 11.0. The Kier molecular flexibility index (Phi) is 6.44. The standard InChI is InChI=1S/C3H6.H3N.H3O4P/c1-2-3-1;;1-5(2,3)4/h1-3H2;1H3;(H3,1,2,3,4). The summed E-state index contributed by atoms with van der Waals surface area (Å²) < 4.78 is 8.88. The van der Waals surface area contributed by atoms with Crippen LogP contribution < -0.4 is 6.15 Å². The summed E-state index contributed by atoms with van der Waals surface area (Å²) in [5, 5.41) is 0. The lowest BCUT2D eigenvalue weighted by Crippen LogP contribution is -1.66. The third-order valence-corrected chi connectivity index (χ3v) is 0.354. The first-order valence-corrected chi connectivity index (χ1v) is 3.85. The van der Waals surface area contributed by atoms with Gasteiger partial charge in [0, 0.05) is 0 Å². The quantitative estimate of drug-likeness (QED) is 0.380. The molecule has 9 heavy (non-hydrogen) atoms. The minimum atomic E-state index is -4.64. The summed E-state index contributed by atoms with van der Waals surface area (Å²) in [6, 6.07) is 0. The second-order valence-corrected chi connectivity index (χ2v) is 2.60. The largest absolute Gasteiger partial charge is 0.466 e. The highest BCUT2D eigenvalue weighted by Crippen LogP contribution is 2.25. The van der Waals surface area contributed by atoms with Crippen LogP contribution in [-0.4, -0.2) is 14.7 Å². The van der Waals surface area contributed by atoms with Gasteiger partial charge >= 0.3 is 7.82 Å². The van der Waals surface area contributed by atoms with E-state index >= 15 is 0 Å². The normalized spacial score (nSPS) is 14.6. The van der Waals surface area contributed by atoms with Gasteiger partial charge in [0.2, 0.25) is 0 Å². The van der Waals surface area contributed by atoms with Crippen molar-refractivity contribution in [1.82, 2.24) is 6.15 Å². The van der Waals surface area contributed by atoms with E-state index in [1.165, 1.54) is 19.3 Å². The molecule has 1 rings (SSSR count). The molecule has 58 valence electrons. The zero-order chi connectivity index (χ0) is 6.62. The maximum atomic E-state index is 8.88. The molecule has 0 bridgehead atoms. The van der Waals surface area contributed by atoms with Gasteiger partial charge in [0.15, 0.2) is 0 Å². The molecule has 0 heterocycles. The van der Waals surface area contributed by atoms with Crippen LogP contribution in [0.2, 0.25) is 0 Å². The number of hydrogen-bond acceptors (Lipinski definition) is 2. The van der Waals surface area contributed by atoms with Gasteiger partial charge in [0.05, 0.1) is 0 Å². The molecule has 6 heteroatoms. The van der Waals surface area contributed by atoms with Gasteiger partial charge in [0.1, 0.15) is 0 Å². The summed E-state index contributed by atoms with van der Waals surface area (Å²) in [4.78, 5) is 21.6. The average Bonchev–Trinajstić information content (AvgIpc) is 1.95. The molecular formula is C3H12NO4P. The van der Waals surface area contributed by atoms with Crippen LogP contribution in [0.5, 0.6) is 0 Å². The molecule has 6 N–H and O–H groups in total. The predicted octanol–water partition coefficient (Wildman–Crippen LogP) is 0.404. The Bertz CT molecular complexity index is 87.0. The van der Waals surface area contributed by atoms with Crippen molar-refractivity contribution in [1.29, 1.82) is 0 Å². The van der Waals surface area contributed by atoms with Crippen molar-refractivity contribution in [3.63, 3.8) is 0 Å². The van der Waals surface area contributed by atoms with Gasteiger partial charge in [-0.15, -0.1) is 0 Å². The molecule has 0 aromatic carbocycles. The van der Waals surface area contributed by atoms with Gasteiger partial charge in [0.25, 0.3) is 0 Å². The Morgan fingerprint density at radius 2 is 1.11 bits per heavy atom. The molecule has 0 atom stereocenters. The Morgan fingerprint density at radius 1 is 1.00 bits per heavy atom. The molecular weight excluding hydrogens is 145 g/mol. The first kappa shape index (κ1) is 11.8. The van der Waals surface area contributed by atoms with Crippen molar-refractivity contribution in [2.45, 2.75) is 19.3 Å². The van der Waals surface area contributed by atoms with Crippen LogP contribution in [0.25, 0.3) is 0 Å². The molecule has 0 amide bonds. The highest BCUT2D eigenvalue weighted by atomic mass is 31.2. The van der Waals surface area contributed by atoms with Gasteiger partial charge in [-0.05, 0) is 0 Å². The van der Waals surface area contributed by atoms with Gasteiger partial charge in [-0.1, -0.05) is 19.3 Å². The Balaban J connectivity index is 0. The van der Waals surface area contributed by atoms with Crippen LogP contribution in [0.1, 0.15) is 19.3 Å². The molecule has 1 aliphatic carbocycles. The average molecular weight is 157 g/mol. The molecule has 0 unspecified atom stereocenters. The van der Waals surface area contributed by atoms with Crippen molar-refractivity contribution in [3.05, 3.63) is 0 Å². The molecule has 0 aromatic rings. The molecule has 1 fully saturated rings. The first-order chi connectivity index (χ1) is 3.50. The van der Waals surface area contributed by atoms with E-state index in [1.54, 1.807) is 0 Å². The predicted molar refractivity (Wildman–Crippen MR) is 33.1 cm³/mol. The summed E-state index contributed by atoms with van der Waals surface area (Å²) in [6.07, 6.45) is 4.50. The highest BCUT2D eigenvalue weighted by Gasteiger charge is 2.00. The zero-order valence-electron chi connectivity index (χ0n) is 5.03. The summed E-state index contributed by atoms with van der Waals surface area (Å²) in [6.45, 7) is 0. The molecule has 0 saturated heterocycles. The Labute approximate surface area is 53.5 Å². The molecule has 0 radical (unpaired) electrons.